The first-order valence-electron chi connectivity index (χ1n) is 16.7. The average molecular weight is 571 g/mol. The molecule has 3 aliphatic heterocycles. The van der Waals surface area contributed by atoms with E-state index in [9.17, 15) is 14.4 Å². The molecule has 222 valence electrons. The largest absolute Gasteiger partial charge is 0.446 e. The van der Waals surface area contributed by atoms with Gasteiger partial charge in [-0.3, -0.25) is 0 Å². The Morgan fingerprint density at radius 1 is 0.786 bits per heavy atom. The van der Waals surface area contributed by atoms with Gasteiger partial charge in [0.05, 0.1) is 5.57 Å². The summed E-state index contributed by atoms with van der Waals surface area (Å²) < 4.78 is 19.2. The van der Waals surface area contributed by atoms with Gasteiger partial charge >= 0.3 is 17.9 Å². The number of hydrogen-bond acceptors (Lipinski definition) is 6. The number of cyclic esters (lactones) is 1. The van der Waals surface area contributed by atoms with Crippen molar-refractivity contribution in [3.63, 3.8) is 0 Å². The van der Waals surface area contributed by atoms with Crippen LogP contribution in [0.2, 0.25) is 0 Å². The van der Waals surface area contributed by atoms with E-state index in [1.165, 1.54) is 0 Å². The molecule has 8 aliphatic rings. The van der Waals surface area contributed by atoms with Crippen molar-refractivity contribution in [2.45, 2.75) is 109 Å². The summed E-state index contributed by atoms with van der Waals surface area (Å²) in [4.78, 5) is 41.0. The third-order valence-corrected chi connectivity index (χ3v) is 12.3. The fourth-order valence-corrected chi connectivity index (χ4v) is 11.0. The van der Waals surface area contributed by atoms with Crippen molar-refractivity contribution in [2.24, 2.45) is 35.5 Å². The highest BCUT2D eigenvalue weighted by Gasteiger charge is 2.83. The standard InChI is InChI=1S/C36H42O6/c1-4-7-14-27-22-16-15-19-20-17-18-26-31(29(20)28(19)30(22)33(38)40-27)34(39)42-36(26)25(11-6-3)24(10-5-2)35(36)23-13-9-8-12-21(23)32(37)41-35/h8,12,14,19-20,24-25,28-29H,4-7,9-11,13,15-18H2,1-3H3/b27-14-/t19-,20+,24-,25-,28-,29+,35-,36?/m1/s1. The van der Waals surface area contributed by atoms with Crippen LogP contribution in [0.25, 0.3) is 0 Å². The zero-order chi connectivity index (χ0) is 29.0. The molecule has 42 heavy (non-hydrogen) atoms. The lowest BCUT2D eigenvalue weighted by atomic mass is 9.40. The van der Waals surface area contributed by atoms with E-state index in [1.807, 2.05) is 6.08 Å². The maximum atomic E-state index is 14.3. The van der Waals surface area contributed by atoms with Crippen LogP contribution in [-0.2, 0) is 28.6 Å². The molecule has 0 aromatic carbocycles. The molecule has 0 bridgehead atoms. The van der Waals surface area contributed by atoms with Gasteiger partial charge in [-0.15, -0.1) is 0 Å². The third kappa shape index (κ3) is 2.99. The second kappa shape index (κ2) is 9.30. The van der Waals surface area contributed by atoms with E-state index in [4.69, 9.17) is 14.2 Å². The van der Waals surface area contributed by atoms with Crippen molar-refractivity contribution < 1.29 is 28.6 Å². The molecule has 6 heteroatoms. The average Bonchev–Trinajstić information content (AvgIpc) is 3.60. The highest BCUT2D eigenvalue weighted by molar-refractivity contribution is 6.01. The van der Waals surface area contributed by atoms with Crippen LogP contribution in [0.3, 0.4) is 0 Å². The van der Waals surface area contributed by atoms with Crippen molar-refractivity contribution in [3.8, 4) is 0 Å². The van der Waals surface area contributed by atoms with E-state index >= 15 is 0 Å². The molecule has 5 aliphatic carbocycles. The van der Waals surface area contributed by atoms with Crippen molar-refractivity contribution in [1.82, 2.24) is 0 Å². The minimum Gasteiger partial charge on any atom is -0.446 e. The van der Waals surface area contributed by atoms with Gasteiger partial charge in [0, 0.05) is 40.4 Å². The SMILES string of the molecule is CCC/C=C1\OC(=O)C2=C1CC[C@@H]1[C@@H]3CCC4=C(C(=O)OC45[C@H](CCC)[C@@H](CCC)[C@@]54OC(=O)C5=C4CCC=C5)[C@@H]3[C@H]21. The highest BCUT2D eigenvalue weighted by Crippen LogP contribution is 2.74. The predicted molar refractivity (Wildman–Crippen MR) is 155 cm³/mol. The Morgan fingerprint density at radius 2 is 1.45 bits per heavy atom. The molecule has 8 rings (SSSR count). The predicted octanol–water partition coefficient (Wildman–Crippen LogP) is 6.97. The molecule has 0 N–H and O–H groups in total. The summed E-state index contributed by atoms with van der Waals surface area (Å²) in [5.41, 5.74) is 3.72. The Kier molecular flexibility index (Phi) is 5.92. The smallest absolute Gasteiger partial charge is 0.340 e. The molecule has 2 spiro atoms. The molecule has 1 unspecified atom stereocenters. The van der Waals surface area contributed by atoms with Crippen LogP contribution >= 0.6 is 0 Å². The van der Waals surface area contributed by atoms with E-state index in [0.29, 0.717) is 17.4 Å². The summed E-state index contributed by atoms with van der Waals surface area (Å²) in [5, 5.41) is 0. The summed E-state index contributed by atoms with van der Waals surface area (Å²) >= 11 is 0. The minimum absolute atomic E-state index is 0.0115. The van der Waals surface area contributed by atoms with Gasteiger partial charge in [0.1, 0.15) is 5.76 Å². The van der Waals surface area contributed by atoms with Crippen LogP contribution in [0.5, 0.6) is 0 Å². The van der Waals surface area contributed by atoms with Gasteiger partial charge in [0.25, 0.3) is 0 Å². The second-order valence-corrected chi connectivity index (χ2v) is 13.9. The number of hydrogen-bond donors (Lipinski definition) is 0. The number of fused-ring (bicyclic) bond motifs is 9. The van der Waals surface area contributed by atoms with E-state index < -0.39 is 11.2 Å². The molecule has 2 saturated carbocycles. The van der Waals surface area contributed by atoms with Gasteiger partial charge in [0.15, 0.2) is 11.2 Å². The van der Waals surface area contributed by atoms with Crippen LogP contribution in [0, 0.1) is 35.5 Å². The first kappa shape index (κ1) is 26.7. The lowest BCUT2D eigenvalue weighted by Gasteiger charge is -2.66. The molecular formula is C36H42O6. The summed E-state index contributed by atoms with van der Waals surface area (Å²) in [5.74, 6) is 1.08. The Labute approximate surface area is 248 Å². The van der Waals surface area contributed by atoms with Crippen LogP contribution in [-0.4, -0.2) is 29.1 Å². The maximum Gasteiger partial charge on any atom is 0.340 e. The Bertz CT molecular complexity index is 1450. The number of carbonyl (C=O) groups excluding carboxylic acids is 3. The molecule has 0 radical (unpaired) electrons. The fourth-order valence-electron chi connectivity index (χ4n) is 11.0. The van der Waals surface area contributed by atoms with Crippen molar-refractivity contribution in [1.29, 1.82) is 0 Å². The second-order valence-electron chi connectivity index (χ2n) is 13.9. The zero-order valence-corrected chi connectivity index (χ0v) is 25.1. The quantitative estimate of drug-likeness (QED) is 0.254. The summed E-state index contributed by atoms with van der Waals surface area (Å²) in [6.45, 7) is 6.52. The maximum absolute atomic E-state index is 14.3. The van der Waals surface area contributed by atoms with E-state index in [0.717, 1.165) is 111 Å². The lowest BCUT2D eigenvalue weighted by Crippen LogP contribution is -2.77. The molecule has 0 saturated heterocycles. The van der Waals surface area contributed by atoms with Gasteiger partial charge in [0.2, 0.25) is 0 Å². The molecule has 2 fully saturated rings. The number of unbranched alkanes of at least 4 members (excludes halogenated alkanes) is 1. The van der Waals surface area contributed by atoms with Gasteiger partial charge in [-0.05, 0) is 86.8 Å². The van der Waals surface area contributed by atoms with E-state index in [2.05, 4.69) is 32.9 Å². The first-order valence-corrected chi connectivity index (χ1v) is 16.7. The lowest BCUT2D eigenvalue weighted by molar-refractivity contribution is -0.275. The summed E-state index contributed by atoms with van der Waals surface area (Å²) in [6, 6.07) is 0. The first-order chi connectivity index (χ1) is 20.4. The number of rotatable bonds is 6. The molecule has 6 nitrogen and oxygen atoms in total. The van der Waals surface area contributed by atoms with Gasteiger partial charge in [-0.2, -0.15) is 0 Å². The summed E-state index contributed by atoms with van der Waals surface area (Å²) in [7, 11) is 0. The Balaban J connectivity index is 1.28. The van der Waals surface area contributed by atoms with Gasteiger partial charge < -0.3 is 14.2 Å². The third-order valence-electron chi connectivity index (χ3n) is 12.3. The fraction of sp³-hybridized carbons (Fsp3) is 0.639. The Morgan fingerprint density at radius 3 is 2.17 bits per heavy atom. The normalized spacial score (nSPS) is 41.8. The van der Waals surface area contributed by atoms with Crippen LogP contribution < -0.4 is 0 Å². The number of carbonyl (C=O) groups is 3. The highest BCUT2D eigenvalue weighted by atomic mass is 16.6. The monoisotopic (exact) mass is 570 g/mol. The van der Waals surface area contributed by atoms with Gasteiger partial charge in [-0.25, -0.2) is 14.4 Å². The van der Waals surface area contributed by atoms with Crippen molar-refractivity contribution in [3.05, 3.63) is 57.4 Å². The Hall–Kier alpha value is -2.89. The van der Waals surface area contributed by atoms with Crippen LogP contribution in [0.15, 0.2) is 57.4 Å². The van der Waals surface area contributed by atoms with Crippen molar-refractivity contribution in [2.75, 3.05) is 0 Å². The van der Waals surface area contributed by atoms with Crippen molar-refractivity contribution >= 4 is 17.9 Å². The van der Waals surface area contributed by atoms with Gasteiger partial charge in [-0.1, -0.05) is 52.2 Å². The van der Waals surface area contributed by atoms with Crippen LogP contribution in [0.4, 0.5) is 0 Å². The molecule has 3 heterocycles. The molecule has 0 amide bonds. The molecular weight excluding hydrogens is 528 g/mol. The van der Waals surface area contributed by atoms with E-state index in [1.54, 1.807) is 0 Å². The van der Waals surface area contributed by atoms with Crippen LogP contribution in [0.1, 0.15) is 97.8 Å². The van der Waals surface area contributed by atoms with E-state index in [-0.39, 0.29) is 41.6 Å². The minimum atomic E-state index is -0.919. The number of allylic oxidation sites excluding steroid dienone is 3. The topological polar surface area (TPSA) is 78.9 Å². The molecule has 0 aromatic rings. The molecule has 0 aromatic heterocycles. The summed E-state index contributed by atoms with van der Waals surface area (Å²) in [6.07, 6.45) is 17.1. The number of esters is 3. The molecule has 8 atom stereocenters. The number of ether oxygens (including phenoxy) is 3. The zero-order valence-electron chi connectivity index (χ0n) is 25.1.